The van der Waals surface area contributed by atoms with Crippen LogP contribution in [0.4, 0.5) is 14.6 Å². The summed E-state index contributed by atoms with van der Waals surface area (Å²) in [6, 6.07) is 7.76. The Hall–Kier alpha value is -3.13. The number of alkyl halides is 1. The van der Waals surface area contributed by atoms with E-state index < -0.39 is 12.0 Å². The molecule has 0 bridgehead atoms. The second-order valence-corrected chi connectivity index (χ2v) is 12.2. The molecular weight excluding hydrogens is 548 g/mol. The van der Waals surface area contributed by atoms with Crippen molar-refractivity contribution in [2.45, 2.75) is 62.2 Å². The molecule has 8 nitrogen and oxygen atoms in total. The lowest BCUT2D eigenvalue weighted by Gasteiger charge is -2.34. The molecule has 5 heterocycles. The highest BCUT2D eigenvalue weighted by atomic mass is 35.5. The first-order valence-corrected chi connectivity index (χ1v) is 14.9. The smallest absolute Gasteiger partial charge is 0.319 e. The highest BCUT2D eigenvalue weighted by molar-refractivity contribution is 6.31. The van der Waals surface area contributed by atoms with E-state index in [0.29, 0.717) is 66.7 Å². The second-order valence-electron chi connectivity index (χ2n) is 11.8. The SMILES string of the molecule is N#CC[C@H]1CN(c2nc(OC[C@@]34CCCN3C[C@H](F)C4)nc3c(F)c(-c4cccc(Cl)c4C4CC4)ncc23)CCN1. The molecule has 0 unspecified atom stereocenters. The van der Waals surface area contributed by atoms with Crippen molar-refractivity contribution in [1.82, 2.24) is 25.2 Å². The van der Waals surface area contributed by atoms with Gasteiger partial charge in [-0.25, -0.2) is 8.78 Å². The monoisotopic (exact) mass is 579 g/mol. The molecule has 3 atom stereocenters. The van der Waals surface area contributed by atoms with Crippen molar-refractivity contribution in [2.75, 3.05) is 44.2 Å². The molecule has 0 amide bonds. The van der Waals surface area contributed by atoms with E-state index in [-0.39, 0.29) is 35.4 Å². The molecule has 0 radical (unpaired) electrons. The predicted molar refractivity (Wildman–Crippen MR) is 152 cm³/mol. The Bertz CT molecular complexity index is 1530. The van der Waals surface area contributed by atoms with Gasteiger partial charge in [-0.15, -0.1) is 0 Å². The molecule has 0 spiro atoms. The van der Waals surface area contributed by atoms with E-state index in [1.54, 1.807) is 6.20 Å². The van der Waals surface area contributed by atoms with Gasteiger partial charge in [-0.1, -0.05) is 23.7 Å². The highest BCUT2D eigenvalue weighted by Crippen LogP contribution is 2.48. The fourth-order valence-electron chi connectivity index (χ4n) is 6.96. The number of piperazine rings is 1. The van der Waals surface area contributed by atoms with E-state index in [1.807, 2.05) is 23.1 Å². The zero-order valence-corrected chi connectivity index (χ0v) is 23.5. The lowest BCUT2D eigenvalue weighted by molar-refractivity contribution is 0.107. The molecule has 4 aliphatic rings. The number of nitriles is 1. The number of pyridine rings is 1. The number of aromatic nitrogens is 3. The van der Waals surface area contributed by atoms with Gasteiger partial charge in [-0.05, 0) is 49.8 Å². The summed E-state index contributed by atoms with van der Waals surface area (Å²) in [5, 5.41) is 13.7. The van der Waals surface area contributed by atoms with Gasteiger partial charge in [0.05, 0.1) is 23.4 Å². The number of ether oxygens (including phenoxy) is 1. The molecule has 1 aliphatic carbocycles. The maximum Gasteiger partial charge on any atom is 0.319 e. The topological polar surface area (TPSA) is 90.2 Å². The molecule has 1 aromatic carbocycles. The summed E-state index contributed by atoms with van der Waals surface area (Å²) in [6.45, 7) is 3.33. The maximum absolute atomic E-state index is 16.5. The minimum absolute atomic E-state index is 0.0429. The third-order valence-electron chi connectivity index (χ3n) is 9.06. The van der Waals surface area contributed by atoms with E-state index in [1.165, 1.54) is 0 Å². The van der Waals surface area contributed by atoms with Crippen molar-refractivity contribution in [2.24, 2.45) is 0 Å². The molecule has 7 rings (SSSR count). The number of hydrogen-bond donors (Lipinski definition) is 1. The number of nitrogens with one attached hydrogen (secondary N) is 1. The van der Waals surface area contributed by atoms with E-state index in [4.69, 9.17) is 21.3 Å². The first kappa shape index (κ1) is 26.7. The molecule has 41 heavy (non-hydrogen) atoms. The van der Waals surface area contributed by atoms with Crippen LogP contribution in [0.5, 0.6) is 6.01 Å². The summed E-state index contributed by atoms with van der Waals surface area (Å²) >= 11 is 6.57. The summed E-state index contributed by atoms with van der Waals surface area (Å²) < 4.78 is 37.1. The van der Waals surface area contributed by atoms with E-state index in [0.717, 1.165) is 37.8 Å². The number of fused-ring (bicyclic) bond motifs is 2. The van der Waals surface area contributed by atoms with E-state index in [2.05, 4.69) is 26.3 Å². The highest BCUT2D eigenvalue weighted by Gasteiger charge is 2.49. The van der Waals surface area contributed by atoms with Crippen molar-refractivity contribution in [1.29, 1.82) is 5.26 Å². The minimum Gasteiger partial charge on any atom is -0.461 e. The van der Waals surface area contributed by atoms with Crippen LogP contribution in [0.3, 0.4) is 0 Å². The Morgan fingerprint density at radius 1 is 1.22 bits per heavy atom. The number of benzene rings is 1. The van der Waals surface area contributed by atoms with Crippen LogP contribution < -0.4 is 15.0 Å². The van der Waals surface area contributed by atoms with Crippen LogP contribution in [-0.4, -0.2) is 76.9 Å². The number of hydrogen-bond acceptors (Lipinski definition) is 8. The molecular formula is C30H32ClF2N7O. The molecule has 3 aromatic rings. The van der Waals surface area contributed by atoms with Gasteiger partial charge in [0.1, 0.15) is 29.8 Å². The summed E-state index contributed by atoms with van der Waals surface area (Å²) in [5.74, 6) is 0.276. The Morgan fingerprint density at radius 3 is 2.93 bits per heavy atom. The van der Waals surface area contributed by atoms with Gasteiger partial charge in [0, 0.05) is 55.4 Å². The quantitative estimate of drug-likeness (QED) is 0.418. The summed E-state index contributed by atoms with van der Waals surface area (Å²) in [7, 11) is 0. The molecule has 1 saturated carbocycles. The summed E-state index contributed by atoms with van der Waals surface area (Å²) in [6.07, 6.45) is 5.39. The Kier molecular flexibility index (Phi) is 6.92. The molecule has 2 aromatic heterocycles. The van der Waals surface area contributed by atoms with Crippen LogP contribution in [-0.2, 0) is 0 Å². The lowest BCUT2D eigenvalue weighted by atomic mass is 9.95. The van der Waals surface area contributed by atoms with Crippen LogP contribution in [0.15, 0.2) is 24.4 Å². The van der Waals surface area contributed by atoms with Crippen LogP contribution >= 0.6 is 11.6 Å². The standard InChI is InChI=1S/C30H32ClF2N7O/c31-23-4-1-3-21(24(23)18-5-6-18)26-25(33)27-22(14-36-26)28(39-12-10-35-20(16-39)7-9-34)38-29(37-27)41-17-30-8-2-11-40(30)15-19(32)13-30/h1,3-4,14,18-20,35H,2,5-8,10-13,15-17H2/t19-,20+,30+/m1/s1. The molecule has 4 fully saturated rings. The molecule has 3 aliphatic heterocycles. The van der Waals surface area contributed by atoms with Crippen molar-refractivity contribution >= 4 is 28.3 Å². The molecule has 11 heteroatoms. The zero-order valence-electron chi connectivity index (χ0n) is 22.8. The Labute approximate surface area is 242 Å². The number of nitrogens with zero attached hydrogens (tertiary/aromatic N) is 6. The van der Waals surface area contributed by atoms with Gasteiger partial charge in [0.15, 0.2) is 5.82 Å². The van der Waals surface area contributed by atoms with Gasteiger partial charge < -0.3 is 15.0 Å². The first-order chi connectivity index (χ1) is 20.0. The Balaban J connectivity index is 1.31. The number of halogens is 3. The maximum atomic E-state index is 16.5. The van der Waals surface area contributed by atoms with Gasteiger partial charge in [0.25, 0.3) is 0 Å². The van der Waals surface area contributed by atoms with Crippen LogP contribution in [0.1, 0.15) is 50.0 Å². The van der Waals surface area contributed by atoms with Crippen molar-refractivity contribution < 1.29 is 13.5 Å². The summed E-state index contributed by atoms with van der Waals surface area (Å²) in [5.41, 5.74) is 1.56. The van der Waals surface area contributed by atoms with Crippen LogP contribution in [0.2, 0.25) is 5.02 Å². The average Bonchev–Trinajstić information content (AvgIpc) is 3.66. The van der Waals surface area contributed by atoms with Crippen molar-refractivity contribution in [3.05, 3.63) is 40.8 Å². The number of rotatable bonds is 7. The number of anilines is 1. The minimum atomic E-state index is -0.880. The first-order valence-electron chi connectivity index (χ1n) is 14.5. The van der Waals surface area contributed by atoms with Gasteiger partial charge in [-0.3, -0.25) is 9.88 Å². The molecule has 1 N–H and O–H groups in total. The van der Waals surface area contributed by atoms with Crippen molar-refractivity contribution in [3.8, 4) is 23.3 Å². The van der Waals surface area contributed by atoms with Crippen LogP contribution in [0, 0.1) is 17.1 Å². The van der Waals surface area contributed by atoms with E-state index >= 15 is 4.39 Å². The largest absolute Gasteiger partial charge is 0.461 e. The van der Waals surface area contributed by atoms with Crippen LogP contribution in [0.25, 0.3) is 22.2 Å². The molecule has 214 valence electrons. The zero-order chi connectivity index (χ0) is 28.1. The fourth-order valence-corrected chi connectivity index (χ4v) is 7.29. The Morgan fingerprint density at radius 2 is 2.10 bits per heavy atom. The average molecular weight is 580 g/mol. The predicted octanol–water partition coefficient (Wildman–Crippen LogP) is 5.01. The lowest BCUT2D eigenvalue weighted by Crippen LogP contribution is -2.51. The van der Waals surface area contributed by atoms with Crippen molar-refractivity contribution in [3.63, 3.8) is 0 Å². The third-order valence-corrected chi connectivity index (χ3v) is 9.39. The second kappa shape index (κ2) is 10.6. The van der Waals surface area contributed by atoms with Gasteiger partial charge >= 0.3 is 6.01 Å². The normalized spacial score (nSPS) is 26.3. The van der Waals surface area contributed by atoms with Gasteiger partial charge in [0.2, 0.25) is 0 Å². The summed E-state index contributed by atoms with van der Waals surface area (Å²) in [4.78, 5) is 18.2. The third kappa shape index (κ3) is 4.88. The fraction of sp³-hybridized carbons (Fsp3) is 0.533. The van der Waals surface area contributed by atoms with E-state index in [9.17, 15) is 9.65 Å². The van der Waals surface area contributed by atoms with Gasteiger partial charge in [-0.2, -0.15) is 15.2 Å². The molecule has 3 saturated heterocycles.